The molecule has 1 heterocycles. The number of fused-ring (bicyclic) bond motifs is 1. The second kappa shape index (κ2) is 5.54. The molecular weight excluding hydrogens is 261 g/mol. The van der Waals surface area contributed by atoms with Gasteiger partial charge < -0.3 is 14.8 Å². The normalized spacial score (nSPS) is 14.2. The van der Waals surface area contributed by atoms with Gasteiger partial charge in [0.25, 0.3) is 0 Å². The molecule has 98 valence electrons. The number of likely N-dealkylation sites (N-methyl/N-ethyl adjacent to an activating group) is 1. The highest BCUT2D eigenvalue weighted by molar-refractivity contribution is 6.31. The predicted molar refractivity (Wildman–Crippen MR) is 65.3 cm³/mol. The molecule has 18 heavy (non-hydrogen) atoms. The molecule has 1 aliphatic rings. The van der Waals surface area contributed by atoms with Crippen molar-refractivity contribution in [3.63, 3.8) is 0 Å². The Hall–Kier alpha value is -1.33. The molecular formula is C12H13ClFNO3. The predicted octanol–water partition coefficient (Wildman–Crippen LogP) is 2.04. The van der Waals surface area contributed by atoms with Gasteiger partial charge in [0.1, 0.15) is 5.56 Å². The average Bonchev–Trinajstić information content (AvgIpc) is 2.56. The van der Waals surface area contributed by atoms with E-state index in [4.69, 9.17) is 21.1 Å². The van der Waals surface area contributed by atoms with Crippen LogP contribution in [0.3, 0.4) is 0 Å². The molecule has 0 aromatic heterocycles. The van der Waals surface area contributed by atoms with Gasteiger partial charge in [0.05, 0.1) is 24.8 Å². The van der Waals surface area contributed by atoms with E-state index in [-0.39, 0.29) is 22.9 Å². The molecule has 2 rings (SSSR count). The Morgan fingerprint density at radius 1 is 1.50 bits per heavy atom. The molecule has 6 heteroatoms. The summed E-state index contributed by atoms with van der Waals surface area (Å²) in [5, 5.41) is 2.54. The van der Waals surface area contributed by atoms with E-state index in [2.05, 4.69) is 5.32 Å². The monoisotopic (exact) mass is 273 g/mol. The SMILES string of the molecule is CNCC(=O)c1c(F)c(Cl)cc2c1OCCCO2. The highest BCUT2D eigenvalue weighted by atomic mass is 35.5. The van der Waals surface area contributed by atoms with Gasteiger partial charge in [0.15, 0.2) is 23.1 Å². The summed E-state index contributed by atoms with van der Waals surface area (Å²) in [5.74, 6) is -0.714. The van der Waals surface area contributed by atoms with E-state index in [1.807, 2.05) is 0 Å². The van der Waals surface area contributed by atoms with Crippen LogP contribution in [-0.4, -0.2) is 32.6 Å². The summed E-state index contributed by atoms with van der Waals surface area (Å²) in [7, 11) is 1.61. The molecule has 1 aliphatic heterocycles. The standard InChI is InChI=1S/C12H13ClFNO3/c1-15-6-8(16)10-11(14)7(13)5-9-12(10)18-4-2-3-17-9/h5,15H,2-4,6H2,1H3. The van der Waals surface area contributed by atoms with Crippen molar-refractivity contribution in [3.8, 4) is 11.5 Å². The Morgan fingerprint density at radius 3 is 2.94 bits per heavy atom. The fourth-order valence-corrected chi connectivity index (χ4v) is 1.94. The number of ether oxygens (including phenoxy) is 2. The second-order valence-electron chi connectivity index (χ2n) is 3.88. The summed E-state index contributed by atoms with van der Waals surface area (Å²) in [6.45, 7) is 0.843. The largest absolute Gasteiger partial charge is 0.489 e. The lowest BCUT2D eigenvalue weighted by molar-refractivity contribution is 0.0985. The topological polar surface area (TPSA) is 47.6 Å². The lowest BCUT2D eigenvalue weighted by Crippen LogP contribution is -2.20. The molecule has 0 amide bonds. The lowest BCUT2D eigenvalue weighted by Gasteiger charge is -2.13. The van der Waals surface area contributed by atoms with E-state index >= 15 is 0 Å². The first-order valence-electron chi connectivity index (χ1n) is 5.60. The maximum atomic E-state index is 14.0. The van der Waals surface area contributed by atoms with E-state index in [0.29, 0.717) is 25.4 Å². The minimum atomic E-state index is -0.763. The number of ketones is 1. The Morgan fingerprint density at radius 2 is 2.22 bits per heavy atom. The number of Topliss-reactive ketones (excluding diaryl/α,β-unsaturated/α-hetero) is 1. The number of nitrogens with one attached hydrogen (secondary N) is 1. The Bertz CT molecular complexity index is 479. The average molecular weight is 274 g/mol. The quantitative estimate of drug-likeness (QED) is 0.856. The summed E-state index contributed by atoms with van der Waals surface area (Å²) < 4.78 is 24.8. The van der Waals surface area contributed by atoms with Gasteiger partial charge in [0.2, 0.25) is 0 Å². The minimum Gasteiger partial charge on any atom is -0.489 e. The smallest absolute Gasteiger partial charge is 0.183 e. The van der Waals surface area contributed by atoms with Crippen molar-refractivity contribution in [1.82, 2.24) is 5.32 Å². The molecule has 0 radical (unpaired) electrons. The van der Waals surface area contributed by atoms with Crippen molar-refractivity contribution < 1.29 is 18.7 Å². The number of halogens is 2. The number of carbonyl (C=O) groups is 1. The van der Waals surface area contributed by atoms with Crippen molar-refractivity contribution in [1.29, 1.82) is 0 Å². The highest BCUT2D eigenvalue weighted by Crippen LogP contribution is 2.39. The zero-order valence-electron chi connectivity index (χ0n) is 9.89. The Balaban J connectivity index is 2.54. The van der Waals surface area contributed by atoms with Crippen LogP contribution in [0.2, 0.25) is 5.02 Å². The number of rotatable bonds is 3. The molecule has 1 N–H and O–H groups in total. The third-order valence-corrected chi connectivity index (χ3v) is 2.82. The van der Waals surface area contributed by atoms with E-state index in [1.54, 1.807) is 7.05 Å². The van der Waals surface area contributed by atoms with Crippen molar-refractivity contribution >= 4 is 17.4 Å². The molecule has 0 atom stereocenters. The van der Waals surface area contributed by atoms with Gasteiger partial charge in [-0.25, -0.2) is 4.39 Å². The van der Waals surface area contributed by atoms with Gasteiger partial charge in [-0.15, -0.1) is 0 Å². The van der Waals surface area contributed by atoms with Gasteiger partial charge >= 0.3 is 0 Å². The van der Waals surface area contributed by atoms with Crippen LogP contribution in [0.4, 0.5) is 4.39 Å². The summed E-state index contributed by atoms with van der Waals surface area (Å²) >= 11 is 5.77. The van der Waals surface area contributed by atoms with Gasteiger partial charge in [-0.3, -0.25) is 4.79 Å². The van der Waals surface area contributed by atoms with Crippen LogP contribution in [0.5, 0.6) is 11.5 Å². The fraction of sp³-hybridized carbons (Fsp3) is 0.417. The minimum absolute atomic E-state index is 0.00701. The van der Waals surface area contributed by atoms with Gasteiger partial charge in [-0.2, -0.15) is 0 Å². The zero-order chi connectivity index (χ0) is 13.1. The van der Waals surface area contributed by atoms with Crippen molar-refractivity contribution in [3.05, 3.63) is 22.5 Å². The molecule has 1 aromatic rings. The van der Waals surface area contributed by atoms with Crippen LogP contribution in [0.25, 0.3) is 0 Å². The van der Waals surface area contributed by atoms with E-state index < -0.39 is 11.6 Å². The third-order valence-electron chi connectivity index (χ3n) is 2.55. The second-order valence-corrected chi connectivity index (χ2v) is 4.29. The van der Waals surface area contributed by atoms with E-state index in [9.17, 15) is 9.18 Å². The van der Waals surface area contributed by atoms with Crippen LogP contribution in [-0.2, 0) is 0 Å². The molecule has 0 bridgehead atoms. The first kappa shape index (κ1) is 13.1. The van der Waals surface area contributed by atoms with Crippen molar-refractivity contribution in [2.45, 2.75) is 6.42 Å². The van der Waals surface area contributed by atoms with Crippen molar-refractivity contribution in [2.24, 2.45) is 0 Å². The van der Waals surface area contributed by atoms with Gasteiger partial charge in [-0.05, 0) is 7.05 Å². The fourth-order valence-electron chi connectivity index (χ4n) is 1.75. The maximum absolute atomic E-state index is 14.0. The van der Waals surface area contributed by atoms with Crippen LogP contribution >= 0.6 is 11.6 Å². The van der Waals surface area contributed by atoms with Crippen molar-refractivity contribution in [2.75, 3.05) is 26.8 Å². The Labute approximate surface area is 109 Å². The van der Waals surface area contributed by atoms with E-state index in [0.717, 1.165) is 0 Å². The van der Waals surface area contributed by atoms with Crippen LogP contribution in [0.15, 0.2) is 6.07 Å². The number of benzene rings is 1. The lowest BCUT2D eigenvalue weighted by atomic mass is 10.1. The van der Waals surface area contributed by atoms with Crippen LogP contribution in [0, 0.1) is 5.82 Å². The summed E-state index contributed by atoms with van der Waals surface area (Å²) in [6, 6.07) is 1.34. The summed E-state index contributed by atoms with van der Waals surface area (Å²) in [6.07, 6.45) is 0.674. The molecule has 0 fully saturated rings. The highest BCUT2D eigenvalue weighted by Gasteiger charge is 2.26. The van der Waals surface area contributed by atoms with Crippen LogP contribution in [0.1, 0.15) is 16.8 Å². The first-order chi connectivity index (χ1) is 8.65. The third kappa shape index (κ3) is 2.42. The molecule has 4 nitrogen and oxygen atoms in total. The molecule has 1 aromatic carbocycles. The molecule has 0 aliphatic carbocycles. The van der Waals surface area contributed by atoms with Gasteiger partial charge in [-0.1, -0.05) is 11.6 Å². The van der Waals surface area contributed by atoms with Crippen LogP contribution < -0.4 is 14.8 Å². The Kier molecular flexibility index (Phi) is 4.04. The zero-order valence-corrected chi connectivity index (χ0v) is 10.6. The number of carbonyl (C=O) groups excluding carboxylic acids is 1. The molecule has 0 saturated heterocycles. The number of hydrogen-bond acceptors (Lipinski definition) is 4. The molecule has 0 unspecified atom stereocenters. The first-order valence-corrected chi connectivity index (χ1v) is 5.98. The molecule has 0 spiro atoms. The summed E-state index contributed by atoms with van der Waals surface area (Å²) in [4.78, 5) is 11.9. The van der Waals surface area contributed by atoms with Gasteiger partial charge in [0, 0.05) is 12.5 Å². The number of hydrogen-bond donors (Lipinski definition) is 1. The maximum Gasteiger partial charge on any atom is 0.183 e. The van der Waals surface area contributed by atoms with E-state index in [1.165, 1.54) is 6.07 Å². The summed E-state index contributed by atoms with van der Waals surface area (Å²) in [5.41, 5.74) is -0.145. The molecule has 0 saturated carbocycles.